The van der Waals surface area contributed by atoms with Gasteiger partial charge in [-0.25, -0.2) is 19.5 Å². The van der Waals surface area contributed by atoms with Crippen LogP contribution >= 0.6 is 0 Å². The van der Waals surface area contributed by atoms with Crippen molar-refractivity contribution in [1.29, 1.82) is 0 Å². The van der Waals surface area contributed by atoms with Gasteiger partial charge in [0, 0.05) is 47.9 Å². The maximum atomic E-state index is 11.7. The summed E-state index contributed by atoms with van der Waals surface area (Å²) in [5.74, 6) is 7.73. The number of benzene rings is 1. The van der Waals surface area contributed by atoms with Crippen molar-refractivity contribution in [1.82, 2.24) is 24.6 Å². The third kappa shape index (κ3) is 4.93. The summed E-state index contributed by atoms with van der Waals surface area (Å²) >= 11 is 0. The molecule has 0 atom stereocenters. The van der Waals surface area contributed by atoms with Crippen LogP contribution in [-0.2, 0) is 4.74 Å². The van der Waals surface area contributed by atoms with E-state index in [0.717, 1.165) is 41.9 Å². The van der Waals surface area contributed by atoms with Crippen molar-refractivity contribution < 1.29 is 9.53 Å². The van der Waals surface area contributed by atoms with Gasteiger partial charge in [-0.2, -0.15) is 5.10 Å². The van der Waals surface area contributed by atoms with E-state index < -0.39 is 0 Å². The van der Waals surface area contributed by atoms with E-state index in [-0.39, 0.29) is 0 Å². The van der Waals surface area contributed by atoms with Crippen LogP contribution in [0.3, 0.4) is 0 Å². The average molecular weight is 502 g/mol. The SMILES string of the molecule is O=Cc1ccc(-c2ccc3ncc(C#Cc4ccnc(Nc5ccccn5)c4)n3n2)cc1N1CCOCC1. The van der Waals surface area contributed by atoms with Crippen LogP contribution in [0.4, 0.5) is 17.3 Å². The second-order valence-electron chi connectivity index (χ2n) is 8.64. The van der Waals surface area contributed by atoms with E-state index in [1.54, 1.807) is 23.1 Å². The second kappa shape index (κ2) is 10.5. The molecule has 0 unspecified atom stereocenters. The molecule has 1 aliphatic rings. The van der Waals surface area contributed by atoms with Crippen molar-refractivity contribution in [3.63, 3.8) is 0 Å². The molecule has 5 heterocycles. The Kier molecular flexibility index (Phi) is 6.45. The van der Waals surface area contributed by atoms with Crippen LogP contribution in [0.5, 0.6) is 0 Å². The molecule has 0 spiro atoms. The van der Waals surface area contributed by atoms with Crippen molar-refractivity contribution in [3.8, 4) is 23.1 Å². The zero-order valence-corrected chi connectivity index (χ0v) is 20.4. The van der Waals surface area contributed by atoms with E-state index in [9.17, 15) is 4.79 Å². The summed E-state index contributed by atoms with van der Waals surface area (Å²) in [6.07, 6.45) is 6.03. The first-order valence-electron chi connectivity index (χ1n) is 12.2. The molecular weight excluding hydrogens is 478 g/mol. The van der Waals surface area contributed by atoms with Crippen molar-refractivity contribution in [2.24, 2.45) is 0 Å². The zero-order chi connectivity index (χ0) is 25.7. The van der Waals surface area contributed by atoms with Gasteiger partial charge in [-0.1, -0.05) is 18.1 Å². The van der Waals surface area contributed by atoms with E-state index >= 15 is 0 Å². The quantitative estimate of drug-likeness (QED) is 0.285. The average Bonchev–Trinajstić information content (AvgIpc) is 3.39. The molecule has 1 N–H and O–H groups in total. The molecule has 1 saturated heterocycles. The molecular formula is C29H23N7O2. The van der Waals surface area contributed by atoms with Crippen LogP contribution < -0.4 is 10.2 Å². The van der Waals surface area contributed by atoms with Crippen LogP contribution in [0.25, 0.3) is 16.9 Å². The summed E-state index contributed by atoms with van der Waals surface area (Å²) in [6, 6.07) is 19.0. The van der Waals surface area contributed by atoms with Gasteiger partial charge < -0.3 is 15.0 Å². The lowest BCUT2D eigenvalue weighted by molar-refractivity contribution is 0.111. The summed E-state index contributed by atoms with van der Waals surface area (Å²) < 4.78 is 7.21. The standard InChI is InChI=1S/C29H23N7O2/c37-20-23-6-5-22(18-26(23)35-13-15-38-16-14-35)25-8-9-29-32-19-24(36(29)34-25)7-4-21-10-12-31-28(17-21)33-27-3-1-2-11-30-27/h1-3,5-6,8-12,17-20H,13-16H2,(H,30,31,33). The molecule has 4 aromatic heterocycles. The number of morpholine rings is 1. The fourth-order valence-corrected chi connectivity index (χ4v) is 4.27. The Bertz CT molecular complexity index is 1670. The Labute approximate surface area is 219 Å². The molecule has 0 radical (unpaired) electrons. The summed E-state index contributed by atoms with van der Waals surface area (Å²) in [4.78, 5) is 26.9. The van der Waals surface area contributed by atoms with Crippen LogP contribution in [0.15, 0.2) is 79.3 Å². The van der Waals surface area contributed by atoms with E-state index in [1.165, 1.54) is 0 Å². The summed E-state index contributed by atoms with van der Waals surface area (Å²) in [7, 11) is 0. The minimum absolute atomic E-state index is 0.641. The molecule has 9 nitrogen and oxygen atoms in total. The highest BCUT2D eigenvalue weighted by Crippen LogP contribution is 2.27. The van der Waals surface area contributed by atoms with E-state index in [4.69, 9.17) is 9.84 Å². The third-order valence-electron chi connectivity index (χ3n) is 6.18. The first kappa shape index (κ1) is 23.3. The third-order valence-corrected chi connectivity index (χ3v) is 6.18. The zero-order valence-electron chi connectivity index (χ0n) is 20.4. The molecule has 0 bridgehead atoms. The summed E-state index contributed by atoms with van der Waals surface area (Å²) in [5, 5.41) is 8.00. The van der Waals surface area contributed by atoms with Crippen molar-refractivity contribution in [3.05, 3.63) is 96.1 Å². The molecule has 9 heteroatoms. The smallest absolute Gasteiger partial charge is 0.154 e. The molecule has 1 aromatic carbocycles. The van der Waals surface area contributed by atoms with Gasteiger partial charge in [0.2, 0.25) is 0 Å². The largest absolute Gasteiger partial charge is 0.378 e. The molecule has 1 aliphatic heterocycles. The number of aldehydes is 1. The number of anilines is 3. The number of aromatic nitrogens is 5. The maximum absolute atomic E-state index is 11.7. The van der Waals surface area contributed by atoms with E-state index in [0.29, 0.717) is 41.8 Å². The number of nitrogens with one attached hydrogen (secondary N) is 1. The monoisotopic (exact) mass is 501 g/mol. The van der Waals surface area contributed by atoms with Crippen LogP contribution in [0.1, 0.15) is 21.6 Å². The van der Waals surface area contributed by atoms with Gasteiger partial charge in [-0.05, 0) is 54.5 Å². The van der Waals surface area contributed by atoms with E-state index in [1.807, 2.05) is 60.7 Å². The van der Waals surface area contributed by atoms with Gasteiger partial charge in [0.25, 0.3) is 0 Å². The van der Waals surface area contributed by atoms with Crippen LogP contribution in [0, 0.1) is 11.8 Å². The van der Waals surface area contributed by atoms with Crippen LogP contribution in [-0.4, -0.2) is 57.2 Å². The predicted octanol–water partition coefficient (Wildman–Crippen LogP) is 3.98. The first-order valence-corrected chi connectivity index (χ1v) is 12.2. The number of carbonyl (C=O) groups is 1. The lowest BCUT2D eigenvalue weighted by Gasteiger charge is -2.30. The molecule has 5 aromatic rings. The van der Waals surface area contributed by atoms with Crippen molar-refractivity contribution >= 4 is 29.3 Å². The number of imidazole rings is 1. The Hall–Kier alpha value is -5.07. The number of rotatable bonds is 5. The number of ether oxygens (including phenoxy) is 1. The molecule has 1 fully saturated rings. The molecule has 38 heavy (non-hydrogen) atoms. The van der Waals surface area contributed by atoms with E-state index in [2.05, 4.69) is 37.0 Å². The Morgan fingerprint density at radius 2 is 1.79 bits per heavy atom. The Morgan fingerprint density at radius 1 is 0.895 bits per heavy atom. The van der Waals surface area contributed by atoms with Gasteiger partial charge in [0.15, 0.2) is 11.9 Å². The maximum Gasteiger partial charge on any atom is 0.154 e. The second-order valence-corrected chi connectivity index (χ2v) is 8.64. The van der Waals surface area contributed by atoms with Gasteiger partial charge in [-0.3, -0.25) is 4.79 Å². The normalized spacial score (nSPS) is 13.1. The first-order chi connectivity index (χ1) is 18.8. The van der Waals surface area contributed by atoms with Crippen molar-refractivity contribution in [2.45, 2.75) is 0 Å². The number of hydrogen-bond donors (Lipinski definition) is 1. The minimum atomic E-state index is 0.641. The number of carbonyl (C=O) groups excluding carboxylic acids is 1. The number of hydrogen-bond acceptors (Lipinski definition) is 8. The Balaban J connectivity index is 1.30. The molecule has 0 saturated carbocycles. The lowest BCUT2D eigenvalue weighted by atomic mass is 10.1. The summed E-state index contributed by atoms with van der Waals surface area (Å²) in [5.41, 5.74) is 5.37. The molecule has 6 rings (SSSR count). The van der Waals surface area contributed by atoms with Crippen molar-refractivity contribution in [2.75, 3.05) is 36.5 Å². The number of nitrogens with zero attached hydrogens (tertiary/aromatic N) is 6. The van der Waals surface area contributed by atoms with Gasteiger partial charge in [0.05, 0.1) is 25.1 Å². The summed E-state index contributed by atoms with van der Waals surface area (Å²) in [6.45, 7) is 2.77. The van der Waals surface area contributed by atoms with Crippen LogP contribution in [0.2, 0.25) is 0 Å². The highest BCUT2D eigenvalue weighted by molar-refractivity contribution is 5.87. The minimum Gasteiger partial charge on any atom is -0.378 e. The fourth-order valence-electron chi connectivity index (χ4n) is 4.27. The molecule has 0 amide bonds. The predicted molar refractivity (Wildman–Crippen MR) is 145 cm³/mol. The van der Waals surface area contributed by atoms with Gasteiger partial charge >= 0.3 is 0 Å². The fraction of sp³-hybridized carbons (Fsp3) is 0.138. The number of pyridine rings is 2. The van der Waals surface area contributed by atoms with Gasteiger partial charge in [-0.15, -0.1) is 0 Å². The number of fused-ring (bicyclic) bond motifs is 1. The highest BCUT2D eigenvalue weighted by Gasteiger charge is 2.16. The molecule has 186 valence electrons. The topological polar surface area (TPSA) is 97.5 Å². The van der Waals surface area contributed by atoms with Gasteiger partial charge in [0.1, 0.15) is 17.3 Å². The Morgan fingerprint density at radius 3 is 2.63 bits per heavy atom. The highest BCUT2D eigenvalue weighted by atomic mass is 16.5. The molecule has 0 aliphatic carbocycles. The lowest BCUT2D eigenvalue weighted by Crippen LogP contribution is -2.36.